The number of nitrogens with two attached hydrogens (primary N) is 1. The summed E-state index contributed by atoms with van der Waals surface area (Å²) < 4.78 is 0. The number of aryl methyl sites for hydroxylation is 2. The zero-order valence-corrected chi connectivity index (χ0v) is 13.1. The second-order valence-corrected chi connectivity index (χ2v) is 5.38. The number of nitrogens with one attached hydrogen (secondary N) is 2. The molecule has 0 fully saturated rings. The molecule has 2 rings (SSSR count). The van der Waals surface area contributed by atoms with Gasteiger partial charge in [0.1, 0.15) is 12.0 Å². The lowest BCUT2D eigenvalue weighted by molar-refractivity contribution is 0.759. The van der Waals surface area contributed by atoms with Gasteiger partial charge >= 0.3 is 0 Å². The van der Waals surface area contributed by atoms with Crippen LogP contribution in [0.2, 0.25) is 0 Å². The van der Waals surface area contributed by atoms with E-state index in [4.69, 9.17) is 5.73 Å². The summed E-state index contributed by atoms with van der Waals surface area (Å²) in [6, 6.07) is 6.56. The lowest BCUT2D eigenvalue weighted by Gasteiger charge is -2.16. The summed E-state index contributed by atoms with van der Waals surface area (Å²) in [6.07, 6.45) is 2.53. The molecule has 0 saturated heterocycles. The summed E-state index contributed by atoms with van der Waals surface area (Å²) in [5, 5.41) is 6.59. The molecular weight excluding hydrogens is 262 g/mol. The zero-order chi connectivity index (χ0) is 15.4. The van der Waals surface area contributed by atoms with Gasteiger partial charge in [-0.2, -0.15) is 0 Å². The monoisotopic (exact) mass is 285 g/mol. The predicted molar refractivity (Wildman–Crippen MR) is 89.0 cm³/mol. The minimum Gasteiger partial charge on any atom is -0.393 e. The van der Waals surface area contributed by atoms with Crippen molar-refractivity contribution in [2.45, 2.75) is 40.2 Å². The van der Waals surface area contributed by atoms with E-state index in [1.807, 2.05) is 0 Å². The topological polar surface area (TPSA) is 75.9 Å². The molecule has 2 aromatic rings. The van der Waals surface area contributed by atoms with Gasteiger partial charge in [-0.1, -0.05) is 19.1 Å². The molecule has 1 atom stereocenters. The van der Waals surface area contributed by atoms with Gasteiger partial charge in [-0.15, -0.1) is 0 Å². The normalized spacial score (nSPS) is 12.0. The Hall–Kier alpha value is -2.30. The first kappa shape index (κ1) is 15.1. The van der Waals surface area contributed by atoms with E-state index >= 15 is 0 Å². The number of aromatic nitrogens is 2. The van der Waals surface area contributed by atoms with Gasteiger partial charge in [0.2, 0.25) is 0 Å². The highest BCUT2D eigenvalue weighted by Gasteiger charge is 2.11. The van der Waals surface area contributed by atoms with Crippen molar-refractivity contribution in [3.05, 3.63) is 35.7 Å². The molecule has 1 heterocycles. The van der Waals surface area contributed by atoms with E-state index in [1.165, 1.54) is 11.9 Å². The van der Waals surface area contributed by atoms with Crippen LogP contribution in [0.5, 0.6) is 0 Å². The molecule has 1 aromatic carbocycles. The fourth-order valence-electron chi connectivity index (χ4n) is 1.94. The Bertz CT molecular complexity index is 624. The van der Waals surface area contributed by atoms with Gasteiger partial charge in [0, 0.05) is 11.7 Å². The largest absolute Gasteiger partial charge is 0.393 e. The molecular formula is C16H23N5. The Kier molecular flexibility index (Phi) is 4.62. The number of nitrogen functional groups attached to an aromatic ring is 1. The Balaban J connectivity index is 2.28. The molecule has 0 aliphatic heterocycles. The van der Waals surface area contributed by atoms with E-state index in [9.17, 15) is 0 Å². The van der Waals surface area contributed by atoms with Crippen LogP contribution >= 0.6 is 0 Å². The van der Waals surface area contributed by atoms with Crippen LogP contribution in [-0.2, 0) is 0 Å². The summed E-state index contributed by atoms with van der Waals surface area (Å²) in [4.78, 5) is 8.47. The van der Waals surface area contributed by atoms with Crippen molar-refractivity contribution < 1.29 is 0 Å². The molecule has 0 amide bonds. The second-order valence-electron chi connectivity index (χ2n) is 5.38. The summed E-state index contributed by atoms with van der Waals surface area (Å²) in [5.74, 6) is 1.30. The fraction of sp³-hybridized carbons (Fsp3) is 0.375. The molecule has 0 radical (unpaired) electrons. The average Bonchev–Trinajstić information content (AvgIpc) is 2.46. The van der Waals surface area contributed by atoms with E-state index in [1.54, 1.807) is 0 Å². The molecule has 4 N–H and O–H groups in total. The third-order valence-corrected chi connectivity index (χ3v) is 3.53. The van der Waals surface area contributed by atoms with E-state index in [-0.39, 0.29) is 0 Å². The van der Waals surface area contributed by atoms with Crippen molar-refractivity contribution in [2.24, 2.45) is 0 Å². The average molecular weight is 285 g/mol. The highest BCUT2D eigenvalue weighted by Crippen LogP contribution is 2.28. The molecule has 5 heteroatoms. The number of rotatable bonds is 5. The number of anilines is 4. The minimum atomic E-state index is 0.316. The Morgan fingerprint density at radius 1 is 1.19 bits per heavy atom. The minimum absolute atomic E-state index is 0.316. The lowest BCUT2D eigenvalue weighted by atomic mass is 10.1. The third kappa shape index (κ3) is 3.62. The van der Waals surface area contributed by atoms with Crippen LogP contribution in [0.25, 0.3) is 0 Å². The van der Waals surface area contributed by atoms with Crippen LogP contribution < -0.4 is 16.4 Å². The molecule has 1 unspecified atom stereocenters. The highest BCUT2D eigenvalue weighted by atomic mass is 15.1. The first-order chi connectivity index (χ1) is 10.0. The predicted octanol–water partition coefficient (Wildman–Crippen LogP) is 3.63. The van der Waals surface area contributed by atoms with Crippen LogP contribution in [0.3, 0.4) is 0 Å². The van der Waals surface area contributed by atoms with Crippen molar-refractivity contribution in [2.75, 3.05) is 16.4 Å². The lowest BCUT2D eigenvalue weighted by Crippen LogP contribution is -2.16. The number of hydrogen-bond acceptors (Lipinski definition) is 5. The molecule has 21 heavy (non-hydrogen) atoms. The molecule has 0 spiro atoms. The quantitative estimate of drug-likeness (QED) is 0.782. The molecule has 0 aliphatic carbocycles. The van der Waals surface area contributed by atoms with Gasteiger partial charge in [-0.25, -0.2) is 9.97 Å². The van der Waals surface area contributed by atoms with E-state index in [0.29, 0.717) is 23.4 Å². The summed E-state index contributed by atoms with van der Waals surface area (Å²) in [5.41, 5.74) is 10.1. The van der Waals surface area contributed by atoms with Crippen molar-refractivity contribution in [3.63, 3.8) is 0 Å². The maximum absolute atomic E-state index is 6.17. The molecule has 0 aliphatic rings. The van der Waals surface area contributed by atoms with Gasteiger partial charge in [0.25, 0.3) is 0 Å². The SMILES string of the molecule is CCC(C)Nc1ncnc(Nc2cc(C)ccc2C)c1N. The van der Waals surface area contributed by atoms with Crippen molar-refractivity contribution in [3.8, 4) is 0 Å². The van der Waals surface area contributed by atoms with Gasteiger partial charge in [-0.05, 0) is 44.4 Å². The van der Waals surface area contributed by atoms with Gasteiger partial charge in [0.15, 0.2) is 11.6 Å². The summed E-state index contributed by atoms with van der Waals surface area (Å²) in [6.45, 7) is 8.32. The van der Waals surface area contributed by atoms with Crippen LogP contribution in [0.1, 0.15) is 31.4 Å². The molecule has 0 bridgehead atoms. The maximum Gasteiger partial charge on any atom is 0.159 e. The van der Waals surface area contributed by atoms with E-state index < -0.39 is 0 Å². The fourth-order valence-corrected chi connectivity index (χ4v) is 1.94. The Morgan fingerprint density at radius 3 is 2.62 bits per heavy atom. The number of benzene rings is 1. The van der Waals surface area contributed by atoms with E-state index in [2.05, 4.69) is 66.5 Å². The van der Waals surface area contributed by atoms with Crippen molar-refractivity contribution >= 4 is 23.0 Å². The van der Waals surface area contributed by atoms with Crippen LogP contribution in [0.15, 0.2) is 24.5 Å². The molecule has 1 aromatic heterocycles. The first-order valence-electron chi connectivity index (χ1n) is 7.22. The van der Waals surface area contributed by atoms with Gasteiger partial charge < -0.3 is 16.4 Å². The van der Waals surface area contributed by atoms with Crippen molar-refractivity contribution in [1.29, 1.82) is 0 Å². The van der Waals surface area contributed by atoms with Crippen LogP contribution in [0.4, 0.5) is 23.0 Å². The number of hydrogen-bond donors (Lipinski definition) is 3. The number of nitrogens with zero attached hydrogens (tertiary/aromatic N) is 2. The molecule has 0 saturated carbocycles. The third-order valence-electron chi connectivity index (χ3n) is 3.53. The highest BCUT2D eigenvalue weighted by molar-refractivity contribution is 5.78. The van der Waals surface area contributed by atoms with Gasteiger partial charge in [-0.3, -0.25) is 0 Å². The van der Waals surface area contributed by atoms with Crippen molar-refractivity contribution in [1.82, 2.24) is 9.97 Å². The molecule has 112 valence electrons. The zero-order valence-electron chi connectivity index (χ0n) is 13.1. The Labute approximate surface area is 126 Å². The first-order valence-corrected chi connectivity index (χ1v) is 7.22. The molecule has 5 nitrogen and oxygen atoms in total. The summed E-state index contributed by atoms with van der Waals surface area (Å²) >= 11 is 0. The van der Waals surface area contributed by atoms with Gasteiger partial charge in [0.05, 0.1) is 0 Å². The van der Waals surface area contributed by atoms with Crippen LogP contribution in [-0.4, -0.2) is 16.0 Å². The second kappa shape index (κ2) is 6.43. The Morgan fingerprint density at radius 2 is 1.90 bits per heavy atom. The van der Waals surface area contributed by atoms with E-state index in [0.717, 1.165) is 17.7 Å². The maximum atomic E-state index is 6.17. The van der Waals surface area contributed by atoms with Crippen LogP contribution in [0, 0.1) is 13.8 Å². The summed E-state index contributed by atoms with van der Waals surface area (Å²) in [7, 11) is 0. The standard InChI is InChI=1S/C16H23N5/c1-5-12(4)20-15-14(17)16(19-9-18-15)21-13-8-10(2)6-7-11(13)3/h6-9,12H,5,17H2,1-4H3,(H2,18,19,20,21). The smallest absolute Gasteiger partial charge is 0.159 e.